The van der Waals surface area contributed by atoms with Gasteiger partial charge in [-0.2, -0.15) is 0 Å². The Kier molecular flexibility index (Phi) is 4.47. The number of hydrogen-bond acceptors (Lipinski definition) is 6. The van der Waals surface area contributed by atoms with E-state index in [0.29, 0.717) is 19.0 Å². The van der Waals surface area contributed by atoms with Gasteiger partial charge in [-0.3, -0.25) is 4.79 Å². The molecule has 122 valence electrons. The molecule has 3 heterocycles. The molecule has 0 spiro atoms. The highest BCUT2D eigenvalue weighted by Gasteiger charge is 2.29. The average molecular weight is 332 g/mol. The third-order valence-electron chi connectivity index (χ3n) is 3.86. The Bertz CT molecular complexity index is 701. The van der Waals surface area contributed by atoms with E-state index in [9.17, 15) is 4.79 Å². The van der Waals surface area contributed by atoms with Crippen LogP contribution in [0.2, 0.25) is 0 Å². The van der Waals surface area contributed by atoms with Crippen molar-refractivity contribution in [1.29, 1.82) is 0 Å². The standard InChI is InChI=1S/C16H20N4O2S/c1-11-5-7-23-15(11)16(21)20-6-4-12(9-20)22-14-8-13(19(2)3)17-10-18-14/h5,7-8,10,12H,4,6,9H2,1-3H3/t12-/m0/s1. The summed E-state index contributed by atoms with van der Waals surface area (Å²) in [6, 6.07) is 3.79. The zero-order chi connectivity index (χ0) is 16.4. The SMILES string of the molecule is Cc1ccsc1C(=O)N1CC[C@H](Oc2cc(N(C)C)ncn2)C1. The monoisotopic (exact) mass is 332 g/mol. The minimum atomic E-state index is -0.0240. The van der Waals surface area contributed by atoms with Gasteiger partial charge in [-0.05, 0) is 23.9 Å². The molecule has 0 aliphatic carbocycles. The number of thiophene rings is 1. The van der Waals surface area contributed by atoms with Gasteiger partial charge in [-0.25, -0.2) is 9.97 Å². The molecule has 3 rings (SSSR count). The number of likely N-dealkylation sites (tertiary alicyclic amines) is 1. The van der Waals surface area contributed by atoms with Crippen molar-refractivity contribution in [2.75, 3.05) is 32.1 Å². The molecular formula is C16H20N4O2S. The van der Waals surface area contributed by atoms with Crippen LogP contribution in [0.15, 0.2) is 23.8 Å². The lowest BCUT2D eigenvalue weighted by molar-refractivity contribution is 0.0775. The van der Waals surface area contributed by atoms with Crippen LogP contribution in [-0.2, 0) is 0 Å². The van der Waals surface area contributed by atoms with Gasteiger partial charge in [0.2, 0.25) is 5.88 Å². The van der Waals surface area contributed by atoms with Crippen molar-refractivity contribution in [2.24, 2.45) is 0 Å². The zero-order valence-corrected chi connectivity index (χ0v) is 14.3. The average Bonchev–Trinajstić information content (AvgIpc) is 3.16. The summed E-state index contributed by atoms with van der Waals surface area (Å²) in [5, 5.41) is 1.95. The van der Waals surface area contributed by atoms with Gasteiger partial charge in [0.15, 0.2) is 0 Å². The maximum atomic E-state index is 12.5. The van der Waals surface area contributed by atoms with Crippen LogP contribution in [0.5, 0.6) is 5.88 Å². The van der Waals surface area contributed by atoms with Crippen LogP contribution in [-0.4, -0.2) is 54.1 Å². The number of carbonyl (C=O) groups excluding carboxylic acids is 1. The molecule has 1 fully saturated rings. The summed E-state index contributed by atoms with van der Waals surface area (Å²) >= 11 is 1.50. The highest BCUT2D eigenvalue weighted by Crippen LogP contribution is 2.23. The fraction of sp³-hybridized carbons (Fsp3) is 0.438. The van der Waals surface area contributed by atoms with Gasteiger partial charge in [-0.15, -0.1) is 11.3 Å². The Morgan fingerprint density at radius 3 is 2.96 bits per heavy atom. The first-order valence-corrected chi connectivity index (χ1v) is 8.42. The van der Waals surface area contributed by atoms with E-state index in [0.717, 1.165) is 22.7 Å². The molecule has 1 saturated heterocycles. The van der Waals surface area contributed by atoms with Crippen molar-refractivity contribution in [2.45, 2.75) is 19.4 Å². The molecule has 23 heavy (non-hydrogen) atoms. The highest BCUT2D eigenvalue weighted by atomic mass is 32.1. The normalized spacial score (nSPS) is 17.3. The van der Waals surface area contributed by atoms with Gasteiger partial charge in [0.05, 0.1) is 11.4 Å². The second kappa shape index (κ2) is 6.54. The minimum absolute atomic E-state index is 0.0240. The third-order valence-corrected chi connectivity index (χ3v) is 4.87. The lowest BCUT2D eigenvalue weighted by Gasteiger charge is -2.17. The predicted molar refractivity (Wildman–Crippen MR) is 90.4 cm³/mol. The Labute approximate surface area is 139 Å². The van der Waals surface area contributed by atoms with Crippen molar-refractivity contribution in [1.82, 2.24) is 14.9 Å². The van der Waals surface area contributed by atoms with E-state index in [1.54, 1.807) is 0 Å². The summed E-state index contributed by atoms with van der Waals surface area (Å²) in [5.74, 6) is 1.45. The van der Waals surface area contributed by atoms with E-state index >= 15 is 0 Å². The van der Waals surface area contributed by atoms with Gasteiger partial charge in [0.1, 0.15) is 18.2 Å². The molecule has 0 aromatic carbocycles. The topological polar surface area (TPSA) is 58.6 Å². The van der Waals surface area contributed by atoms with Gasteiger partial charge < -0.3 is 14.5 Å². The lowest BCUT2D eigenvalue weighted by atomic mass is 10.3. The lowest BCUT2D eigenvalue weighted by Crippen LogP contribution is -2.30. The van der Waals surface area contributed by atoms with Crippen LogP contribution in [0.3, 0.4) is 0 Å². The molecular weight excluding hydrogens is 312 g/mol. The Hall–Kier alpha value is -2.15. The largest absolute Gasteiger partial charge is 0.472 e. The molecule has 2 aromatic heterocycles. The molecule has 0 radical (unpaired) electrons. The van der Waals surface area contributed by atoms with Crippen LogP contribution in [0.25, 0.3) is 0 Å². The smallest absolute Gasteiger partial charge is 0.264 e. The van der Waals surface area contributed by atoms with Crippen molar-refractivity contribution in [3.63, 3.8) is 0 Å². The number of hydrogen-bond donors (Lipinski definition) is 0. The molecule has 7 heteroatoms. The van der Waals surface area contributed by atoms with E-state index in [1.807, 2.05) is 48.3 Å². The van der Waals surface area contributed by atoms with Crippen LogP contribution in [0.1, 0.15) is 21.7 Å². The number of ether oxygens (including phenoxy) is 1. The van der Waals surface area contributed by atoms with Crippen molar-refractivity contribution >= 4 is 23.1 Å². The molecule has 0 bridgehead atoms. The summed E-state index contributed by atoms with van der Waals surface area (Å²) in [7, 11) is 3.84. The highest BCUT2D eigenvalue weighted by molar-refractivity contribution is 7.12. The molecule has 2 aromatic rings. The minimum Gasteiger partial charge on any atom is -0.472 e. The molecule has 1 aliphatic rings. The van der Waals surface area contributed by atoms with Crippen LogP contribution in [0, 0.1) is 6.92 Å². The van der Waals surface area contributed by atoms with Gasteiger partial charge in [0.25, 0.3) is 5.91 Å². The second-order valence-corrected chi connectivity index (χ2v) is 6.74. The zero-order valence-electron chi connectivity index (χ0n) is 13.5. The summed E-state index contributed by atoms with van der Waals surface area (Å²) in [5.41, 5.74) is 1.04. The summed E-state index contributed by atoms with van der Waals surface area (Å²) in [6.07, 6.45) is 2.29. The van der Waals surface area contributed by atoms with E-state index in [2.05, 4.69) is 9.97 Å². The molecule has 0 N–H and O–H groups in total. The Morgan fingerprint density at radius 1 is 1.43 bits per heavy atom. The van der Waals surface area contributed by atoms with Crippen molar-refractivity contribution < 1.29 is 9.53 Å². The number of carbonyl (C=O) groups is 1. The molecule has 6 nitrogen and oxygen atoms in total. The van der Waals surface area contributed by atoms with Crippen molar-refractivity contribution in [3.05, 3.63) is 34.3 Å². The Balaban J connectivity index is 1.63. The number of rotatable bonds is 4. The van der Waals surface area contributed by atoms with Gasteiger partial charge in [0, 0.05) is 33.1 Å². The van der Waals surface area contributed by atoms with Crippen LogP contribution < -0.4 is 9.64 Å². The molecule has 0 saturated carbocycles. The summed E-state index contributed by atoms with van der Waals surface area (Å²) in [6.45, 7) is 3.28. The fourth-order valence-electron chi connectivity index (χ4n) is 2.55. The van der Waals surface area contributed by atoms with Crippen LogP contribution in [0.4, 0.5) is 5.82 Å². The maximum Gasteiger partial charge on any atom is 0.264 e. The molecule has 1 aliphatic heterocycles. The molecule has 1 atom stereocenters. The number of aryl methyl sites for hydroxylation is 1. The number of nitrogens with zero attached hydrogens (tertiary/aromatic N) is 4. The maximum absolute atomic E-state index is 12.5. The number of anilines is 1. The van der Waals surface area contributed by atoms with E-state index in [4.69, 9.17) is 4.74 Å². The van der Waals surface area contributed by atoms with Crippen molar-refractivity contribution in [3.8, 4) is 5.88 Å². The number of amides is 1. The summed E-state index contributed by atoms with van der Waals surface area (Å²) in [4.78, 5) is 25.4. The quantitative estimate of drug-likeness (QED) is 0.859. The van der Waals surface area contributed by atoms with Crippen LogP contribution >= 0.6 is 11.3 Å². The third kappa shape index (κ3) is 3.44. The first-order chi connectivity index (χ1) is 11.0. The first kappa shape index (κ1) is 15.7. The fourth-order valence-corrected chi connectivity index (χ4v) is 3.45. The Morgan fingerprint density at radius 2 is 2.26 bits per heavy atom. The van der Waals surface area contributed by atoms with E-state index in [1.165, 1.54) is 17.7 Å². The molecule has 1 amide bonds. The number of aromatic nitrogens is 2. The predicted octanol–water partition coefficient (Wildman–Crippen LogP) is 2.21. The van der Waals surface area contributed by atoms with Gasteiger partial charge in [-0.1, -0.05) is 0 Å². The summed E-state index contributed by atoms with van der Waals surface area (Å²) < 4.78 is 5.93. The van der Waals surface area contributed by atoms with E-state index in [-0.39, 0.29) is 12.0 Å². The second-order valence-electron chi connectivity index (χ2n) is 5.82. The van der Waals surface area contributed by atoms with E-state index < -0.39 is 0 Å². The first-order valence-electron chi connectivity index (χ1n) is 7.54. The molecule has 0 unspecified atom stereocenters. The van der Waals surface area contributed by atoms with Gasteiger partial charge >= 0.3 is 0 Å².